The van der Waals surface area contributed by atoms with Crippen LogP contribution in [0.5, 0.6) is 0 Å². The Morgan fingerprint density at radius 2 is 2.19 bits per heavy atom. The molecule has 2 rings (SSSR count). The smallest absolute Gasteiger partial charge is 0.410 e. The van der Waals surface area contributed by atoms with Crippen LogP contribution in [0.4, 0.5) is 4.79 Å². The molecule has 1 aliphatic heterocycles. The Morgan fingerprint density at radius 1 is 1.54 bits per heavy atom. The third-order valence-electron chi connectivity index (χ3n) is 4.43. The molecular formula is C17H26BrN3O5. The number of hydrogen-bond acceptors (Lipinski definition) is 6. The number of hydrogen-bond donors (Lipinski definition) is 2. The van der Waals surface area contributed by atoms with Crippen LogP contribution in [0.15, 0.2) is 22.3 Å². The molecule has 0 spiro atoms. The number of likely N-dealkylation sites (tertiary alicyclic amines) is 1. The van der Waals surface area contributed by atoms with E-state index < -0.39 is 17.7 Å². The van der Waals surface area contributed by atoms with Crippen LogP contribution in [0.3, 0.4) is 0 Å². The Morgan fingerprint density at radius 3 is 2.73 bits per heavy atom. The lowest BCUT2D eigenvalue weighted by Gasteiger charge is -2.28. The summed E-state index contributed by atoms with van der Waals surface area (Å²) in [4.78, 5) is 24.9. The summed E-state index contributed by atoms with van der Waals surface area (Å²) < 4.78 is 6.08. The number of allylic oxidation sites excluding steroid dienone is 2. The molecule has 1 fully saturated rings. The molecule has 0 aromatic heterocycles. The second-order valence-corrected chi connectivity index (χ2v) is 8.70. The quantitative estimate of drug-likeness (QED) is 0.522. The van der Waals surface area contributed by atoms with Gasteiger partial charge in [-0.2, -0.15) is 0 Å². The second-order valence-electron chi connectivity index (χ2n) is 7.78. The van der Waals surface area contributed by atoms with Gasteiger partial charge in [-0.1, -0.05) is 28.9 Å². The first-order valence-electron chi connectivity index (χ1n) is 8.61. The molecule has 0 radical (unpaired) electrons. The number of aliphatic hydroxyl groups is 1. The van der Waals surface area contributed by atoms with E-state index in [4.69, 9.17) is 4.74 Å². The van der Waals surface area contributed by atoms with Gasteiger partial charge in [0.15, 0.2) is 0 Å². The van der Waals surface area contributed by atoms with Gasteiger partial charge in [0.05, 0.1) is 17.6 Å². The van der Waals surface area contributed by atoms with Crippen LogP contribution in [0, 0.1) is 16.0 Å². The predicted octanol–water partition coefficient (Wildman–Crippen LogP) is 2.40. The fourth-order valence-electron chi connectivity index (χ4n) is 3.31. The molecule has 2 aliphatic rings. The fraction of sp³-hybridized carbons (Fsp3) is 0.706. The maximum absolute atomic E-state index is 12.4. The van der Waals surface area contributed by atoms with Crippen molar-refractivity contribution in [3.05, 3.63) is 32.4 Å². The highest BCUT2D eigenvalue weighted by molar-refractivity contribution is 9.11. The summed E-state index contributed by atoms with van der Waals surface area (Å²) in [6.45, 7) is 7.41. The molecule has 1 saturated heterocycles. The van der Waals surface area contributed by atoms with Gasteiger partial charge in [-0.15, -0.1) is 0 Å². The Kier molecular flexibility index (Phi) is 6.46. The van der Waals surface area contributed by atoms with E-state index in [0.717, 1.165) is 0 Å². The number of amides is 1. The van der Waals surface area contributed by atoms with Crippen molar-refractivity contribution in [2.24, 2.45) is 5.92 Å². The molecule has 1 amide bonds. The molecule has 4 unspecified atom stereocenters. The first-order chi connectivity index (χ1) is 12.0. The molecule has 0 bridgehead atoms. The van der Waals surface area contributed by atoms with Gasteiger partial charge in [-0.05, 0) is 27.2 Å². The standard InChI is InChI=1S/C17H26BrN3O5/c1-10-5-11(18)6-14(21(24)25)15(10)19-12-7-13(9-22)20(8-12)16(23)26-17(2,3)4/h5-6,10,12-13,15,19,22H,7-9H2,1-4H3. The first kappa shape index (κ1) is 20.9. The molecular weight excluding hydrogens is 406 g/mol. The van der Waals surface area contributed by atoms with E-state index >= 15 is 0 Å². The number of halogens is 1. The van der Waals surface area contributed by atoms with Crippen molar-refractivity contribution in [3.63, 3.8) is 0 Å². The molecule has 1 heterocycles. The van der Waals surface area contributed by atoms with Crippen LogP contribution in [0.2, 0.25) is 0 Å². The van der Waals surface area contributed by atoms with Crippen LogP contribution in [0.1, 0.15) is 34.1 Å². The minimum atomic E-state index is -0.626. The van der Waals surface area contributed by atoms with Crippen LogP contribution >= 0.6 is 15.9 Å². The van der Waals surface area contributed by atoms with Gasteiger partial charge in [0.1, 0.15) is 11.6 Å². The number of rotatable bonds is 4. The Balaban J connectivity index is 2.10. The summed E-state index contributed by atoms with van der Waals surface area (Å²) in [6, 6.07) is -0.999. The number of aliphatic hydroxyl groups excluding tert-OH is 1. The third-order valence-corrected chi connectivity index (χ3v) is 4.92. The molecule has 0 aromatic rings. The van der Waals surface area contributed by atoms with Crippen molar-refractivity contribution in [1.29, 1.82) is 0 Å². The van der Waals surface area contributed by atoms with Crippen LogP contribution in [0.25, 0.3) is 0 Å². The normalized spacial score (nSPS) is 29.2. The molecule has 0 saturated carbocycles. The van der Waals surface area contributed by atoms with Crippen molar-refractivity contribution in [2.75, 3.05) is 13.2 Å². The number of nitrogens with one attached hydrogen (secondary N) is 1. The van der Waals surface area contributed by atoms with E-state index in [1.54, 1.807) is 20.8 Å². The Hall–Kier alpha value is -1.45. The molecule has 4 atom stereocenters. The zero-order valence-corrected chi connectivity index (χ0v) is 17.0. The van der Waals surface area contributed by atoms with Crippen molar-refractivity contribution < 1.29 is 19.6 Å². The van der Waals surface area contributed by atoms with E-state index in [-0.39, 0.29) is 35.2 Å². The van der Waals surface area contributed by atoms with Gasteiger partial charge in [0.2, 0.25) is 0 Å². The maximum Gasteiger partial charge on any atom is 0.410 e. The van der Waals surface area contributed by atoms with Crippen molar-refractivity contribution >= 4 is 22.0 Å². The van der Waals surface area contributed by atoms with Gasteiger partial charge >= 0.3 is 6.09 Å². The van der Waals surface area contributed by atoms with E-state index in [0.29, 0.717) is 17.4 Å². The minimum absolute atomic E-state index is 0.0853. The zero-order valence-electron chi connectivity index (χ0n) is 15.4. The number of carbonyl (C=O) groups is 1. The van der Waals surface area contributed by atoms with Crippen molar-refractivity contribution in [2.45, 2.75) is 57.8 Å². The van der Waals surface area contributed by atoms with Gasteiger partial charge < -0.3 is 14.7 Å². The van der Waals surface area contributed by atoms with E-state index in [1.807, 2.05) is 13.0 Å². The van der Waals surface area contributed by atoms with Gasteiger partial charge in [-0.25, -0.2) is 4.79 Å². The highest BCUT2D eigenvalue weighted by Gasteiger charge is 2.41. The number of ether oxygens (including phenoxy) is 1. The zero-order chi connectivity index (χ0) is 19.6. The molecule has 9 heteroatoms. The Bertz CT molecular complexity index is 628. The summed E-state index contributed by atoms with van der Waals surface area (Å²) in [5.74, 6) is -0.0853. The highest BCUT2D eigenvalue weighted by Crippen LogP contribution is 2.29. The lowest BCUT2D eigenvalue weighted by atomic mass is 9.93. The summed E-state index contributed by atoms with van der Waals surface area (Å²) >= 11 is 3.30. The largest absolute Gasteiger partial charge is 0.444 e. The Labute approximate surface area is 161 Å². The summed E-state index contributed by atoms with van der Waals surface area (Å²) in [7, 11) is 0. The number of nitro groups is 1. The van der Waals surface area contributed by atoms with Gasteiger partial charge in [0.25, 0.3) is 5.70 Å². The van der Waals surface area contributed by atoms with Gasteiger partial charge in [-0.3, -0.25) is 15.4 Å². The number of carbonyl (C=O) groups excluding carboxylic acids is 1. The summed E-state index contributed by atoms with van der Waals surface area (Å²) in [5, 5.41) is 24.3. The summed E-state index contributed by atoms with van der Waals surface area (Å²) in [5.41, 5.74) is -0.540. The summed E-state index contributed by atoms with van der Waals surface area (Å²) in [6.07, 6.45) is 3.44. The van der Waals surface area contributed by atoms with E-state index in [2.05, 4.69) is 21.2 Å². The number of nitrogens with zero attached hydrogens (tertiary/aromatic N) is 2. The predicted molar refractivity (Wildman–Crippen MR) is 100 cm³/mol. The lowest BCUT2D eigenvalue weighted by molar-refractivity contribution is -0.431. The monoisotopic (exact) mass is 431 g/mol. The lowest BCUT2D eigenvalue weighted by Crippen LogP contribution is -2.47. The van der Waals surface area contributed by atoms with Crippen LogP contribution < -0.4 is 5.32 Å². The van der Waals surface area contributed by atoms with Crippen LogP contribution in [-0.4, -0.2) is 57.9 Å². The highest BCUT2D eigenvalue weighted by atomic mass is 79.9. The van der Waals surface area contributed by atoms with Gasteiger partial charge in [0, 0.05) is 29.1 Å². The van der Waals surface area contributed by atoms with E-state index in [9.17, 15) is 20.0 Å². The third kappa shape index (κ3) is 5.05. The van der Waals surface area contributed by atoms with E-state index in [1.165, 1.54) is 11.0 Å². The van der Waals surface area contributed by atoms with Crippen LogP contribution in [-0.2, 0) is 4.74 Å². The maximum atomic E-state index is 12.4. The van der Waals surface area contributed by atoms with Crippen molar-refractivity contribution in [1.82, 2.24) is 10.2 Å². The molecule has 0 aromatic carbocycles. The van der Waals surface area contributed by atoms with Crippen molar-refractivity contribution in [3.8, 4) is 0 Å². The second kappa shape index (κ2) is 8.06. The first-order valence-corrected chi connectivity index (χ1v) is 9.41. The molecule has 26 heavy (non-hydrogen) atoms. The molecule has 8 nitrogen and oxygen atoms in total. The topological polar surface area (TPSA) is 105 Å². The molecule has 1 aliphatic carbocycles. The average Bonchev–Trinajstić information content (AvgIpc) is 2.91. The fourth-order valence-corrected chi connectivity index (χ4v) is 3.96. The molecule has 146 valence electrons. The molecule has 2 N–H and O–H groups in total. The minimum Gasteiger partial charge on any atom is -0.444 e. The average molecular weight is 432 g/mol. The SMILES string of the molecule is CC1C=C(Br)C=C([N+](=O)[O-])C1NC1CC(CO)N(C(=O)OC(C)(C)C)C1.